The van der Waals surface area contributed by atoms with Gasteiger partial charge in [-0.05, 0) is 31.5 Å². The summed E-state index contributed by atoms with van der Waals surface area (Å²) in [6.07, 6.45) is 3.82. The van der Waals surface area contributed by atoms with Crippen molar-refractivity contribution in [2.75, 3.05) is 6.61 Å². The van der Waals surface area contributed by atoms with E-state index in [0.717, 1.165) is 24.2 Å². The number of ether oxygens (including phenoxy) is 1. The Balaban J connectivity index is 2.32. The Bertz CT molecular complexity index is 520. The molecule has 0 spiro atoms. The van der Waals surface area contributed by atoms with Crippen LogP contribution < -0.4 is 11.3 Å². The van der Waals surface area contributed by atoms with E-state index < -0.39 is 0 Å². The lowest BCUT2D eigenvalue weighted by Gasteiger charge is -2.27. The van der Waals surface area contributed by atoms with Crippen LogP contribution in [0.3, 0.4) is 0 Å². The predicted molar refractivity (Wildman–Crippen MR) is 84.0 cm³/mol. The van der Waals surface area contributed by atoms with E-state index in [1.165, 1.54) is 0 Å². The topological polar surface area (TPSA) is 65.1 Å². The van der Waals surface area contributed by atoms with Crippen LogP contribution in [0.15, 0.2) is 42.6 Å². The van der Waals surface area contributed by atoms with Gasteiger partial charge in [-0.2, -0.15) is 5.10 Å². The Morgan fingerprint density at radius 3 is 2.62 bits per heavy atom. The fourth-order valence-corrected chi connectivity index (χ4v) is 2.56. The van der Waals surface area contributed by atoms with Crippen LogP contribution in [0.2, 0.25) is 0 Å². The van der Waals surface area contributed by atoms with Crippen LogP contribution in [0.4, 0.5) is 0 Å². The van der Waals surface area contributed by atoms with E-state index in [1.807, 2.05) is 48.0 Å². The molecular formula is C16H24N4O. The average molecular weight is 288 g/mol. The van der Waals surface area contributed by atoms with E-state index in [4.69, 9.17) is 10.6 Å². The molecule has 5 nitrogen and oxygen atoms in total. The molecule has 0 saturated heterocycles. The first-order valence-corrected chi connectivity index (χ1v) is 7.48. The molecule has 1 heterocycles. The van der Waals surface area contributed by atoms with E-state index in [-0.39, 0.29) is 12.1 Å². The monoisotopic (exact) mass is 288 g/mol. The summed E-state index contributed by atoms with van der Waals surface area (Å²) in [4.78, 5) is 0. The number of aromatic nitrogens is 2. The van der Waals surface area contributed by atoms with Gasteiger partial charge >= 0.3 is 0 Å². The molecule has 2 rings (SSSR count). The molecular weight excluding hydrogens is 264 g/mol. The molecule has 0 amide bonds. The molecule has 0 fully saturated rings. The van der Waals surface area contributed by atoms with Crippen molar-refractivity contribution in [3.8, 4) is 5.69 Å². The van der Waals surface area contributed by atoms with E-state index in [0.29, 0.717) is 6.61 Å². The summed E-state index contributed by atoms with van der Waals surface area (Å²) in [5, 5.41) is 4.42. The highest BCUT2D eigenvalue weighted by Gasteiger charge is 2.25. The number of nitrogens with two attached hydrogens (primary N) is 1. The largest absolute Gasteiger partial charge is 0.376 e. The minimum absolute atomic E-state index is 0.0316. The first kappa shape index (κ1) is 15.7. The van der Waals surface area contributed by atoms with Crippen LogP contribution in [-0.2, 0) is 4.74 Å². The smallest absolute Gasteiger partial charge is 0.0894 e. The standard InChI is InChI=1S/C16H24N4O/c1-3-8-15(21-4-2)16(19-17)14-11-12-18-20(14)13-9-6-5-7-10-13/h5-7,9-12,15-16,19H,3-4,8,17H2,1-2H3. The fraction of sp³-hybridized carbons (Fsp3) is 0.438. The number of rotatable bonds is 8. The van der Waals surface area contributed by atoms with Crippen LogP contribution in [0, 0.1) is 0 Å². The minimum Gasteiger partial charge on any atom is -0.376 e. The molecule has 2 atom stereocenters. The highest BCUT2D eigenvalue weighted by molar-refractivity contribution is 5.33. The Hall–Kier alpha value is -1.69. The van der Waals surface area contributed by atoms with Crippen LogP contribution in [0.5, 0.6) is 0 Å². The zero-order valence-electron chi connectivity index (χ0n) is 12.7. The SMILES string of the molecule is CCCC(OCC)C(NN)c1ccnn1-c1ccccc1. The Labute approximate surface area is 126 Å². The summed E-state index contributed by atoms with van der Waals surface area (Å²) in [6.45, 7) is 4.82. The van der Waals surface area contributed by atoms with Crippen LogP contribution >= 0.6 is 0 Å². The van der Waals surface area contributed by atoms with Gasteiger partial charge in [-0.25, -0.2) is 10.1 Å². The van der Waals surface area contributed by atoms with Crippen molar-refractivity contribution in [3.05, 3.63) is 48.3 Å². The van der Waals surface area contributed by atoms with Gasteiger partial charge in [-0.1, -0.05) is 31.5 Å². The lowest BCUT2D eigenvalue weighted by atomic mass is 10.0. The van der Waals surface area contributed by atoms with Crippen molar-refractivity contribution >= 4 is 0 Å². The zero-order chi connectivity index (χ0) is 15.1. The van der Waals surface area contributed by atoms with E-state index in [9.17, 15) is 0 Å². The van der Waals surface area contributed by atoms with Gasteiger partial charge < -0.3 is 4.74 Å². The van der Waals surface area contributed by atoms with E-state index >= 15 is 0 Å². The van der Waals surface area contributed by atoms with E-state index in [2.05, 4.69) is 17.4 Å². The summed E-state index contributed by atoms with van der Waals surface area (Å²) in [7, 11) is 0. The second kappa shape index (κ2) is 7.93. The molecule has 2 aromatic rings. The maximum atomic E-state index is 5.87. The Morgan fingerprint density at radius 2 is 2.00 bits per heavy atom. The lowest BCUT2D eigenvalue weighted by molar-refractivity contribution is 0.0259. The van der Waals surface area contributed by atoms with Gasteiger partial charge in [0, 0.05) is 12.8 Å². The van der Waals surface area contributed by atoms with Gasteiger partial charge in [0.1, 0.15) is 0 Å². The van der Waals surface area contributed by atoms with Gasteiger partial charge in [-0.15, -0.1) is 0 Å². The van der Waals surface area contributed by atoms with E-state index in [1.54, 1.807) is 6.20 Å². The fourth-order valence-electron chi connectivity index (χ4n) is 2.56. The van der Waals surface area contributed by atoms with Crippen LogP contribution in [-0.4, -0.2) is 22.5 Å². The summed E-state index contributed by atoms with van der Waals surface area (Å²) >= 11 is 0. The third-order valence-corrected chi connectivity index (χ3v) is 3.50. The number of hydrogen-bond acceptors (Lipinski definition) is 4. The molecule has 3 N–H and O–H groups in total. The van der Waals surface area contributed by atoms with Crippen molar-refractivity contribution in [1.29, 1.82) is 0 Å². The van der Waals surface area contributed by atoms with Crippen molar-refractivity contribution in [2.24, 2.45) is 5.84 Å². The molecule has 0 saturated carbocycles. The zero-order valence-corrected chi connectivity index (χ0v) is 12.7. The van der Waals surface area contributed by atoms with Crippen molar-refractivity contribution in [1.82, 2.24) is 15.2 Å². The minimum atomic E-state index is -0.0902. The highest BCUT2D eigenvalue weighted by Crippen LogP contribution is 2.24. The van der Waals surface area contributed by atoms with Crippen LogP contribution in [0.1, 0.15) is 38.4 Å². The van der Waals surface area contributed by atoms with Crippen molar-refractivity contribution < 1.29 is 4.74 Å². The molecule has 0 radical (unpaired) electrons. The number of para-hydroxylation sites is 1. The molecule has 0 bridgehead atoms. The van der Waals surface area contributed by atoms with Gasteiger partial charge in [-0.3, -0.25) is 5.84 Å². The molecule has 2 unspecified atom stereocenters. The number of hydrazine groups is 1. The summed E-state index contributed by atoms with van der Waals surface area (Å²) in [5.41, 5.74) is 4.93. The highest BCUT2D eigenvalue weighted by atomic mass is 16.5. The molecule has 0 aliphatic carbocycles. The average Bonchev–Trinajstić information content (AvgIpc) is 2.99. The van der Waals surface area contributed by atoms with Crippen molar-refractivity contribution in [3.63, 3.8) is 0 Å². The molecule has 1 aromatic heterocycles. The number of hydrogen-bond donors (Lipinski definition) is 2. The molecule has 5 heteroatoms. The Kier molecular flexibility index (Phi) is 5.92. The van der Waals surface area contributed by atoms with Gasteiger partial charge in [0.25, 0.3) is 0 Å². The normalized spacial score (nSPS) is 14.0. The first-order valence-electron chi connectivity index (χ1n) is 7.48. The maximum Gasteiger partial charge on any atom is 0.0894 e. The molecule has 0 aliphatic rings. The number of benzene rings is 1. The molecule has 114 valence electrons. The van der Waals surface area contributed by atoms with Crippen LogP contribution in [0.25, 0.3) is 5.69 Å². The first-order chi connectivity index (χ1) is 10.3. The third-order valence-electron chi connectivity index (χ3n) is 3.50. The van der Waals surface area contributed by atoms with Crippen molar-refractivity contribution in [2.45, 2.75) is 38.8 Å². The Morgan fingerprint density at radius 1 is 1.24 bits per heavy atom. The number of nitrogens with zero attached hydrogens (tertiary/aromatic N) is 2. The number of nitrogens with one attached hydrogen (secondary N) is 1. The molecule has 1 aromatic carbocycles. The predicted octanol–water partition coefficient (Wildman–Crippen LogP) is 2.58. The second-order valence-corrected chi connectivity index (χ2v) is 4.93. The summed E-state index contributed by atoms with van der Waals surface area (Å²) < 4.78 is 7.78. The molecule has 21 heavy (non-hydrogen) atoms. The second-order valence-electron chi connectivity index (χ2n) is 4.93. The summed E-state index contributed by atoms with van der Waals surface area (Å²) in [5.74, 6) is 5.80. The summed E-state index contributed by atoms with van der Waals surface area (Å²) in [6, 6.07) is 11.9. The van der Waals surface area contributed by atoms with Gasteiger partial charge in [0.05, 0.1) is 23.5 Å². The molecule has 0 aliphatic heterocycles. The maximum absolute atomic E-state index is 5.87. The third kappa shape index (κ3) is 3.69. The quantitative estimate of drug-likeness (QED) is 0.579. The van der Waals surface area contributed by atoms with Gasteiger partial charge in [0.2, 0.25) is 0 Å². The van der Waals surface area contributed by atoms with Gasteiger partial charge in [0.15, 0.2) is 0 Å². The lowest BCUT2D eigenvalue weighted by Crippen LogP contribution is -2.39.